The van der Waals surface area contributed by atoms with Gasteiger partial charge in [-0.1, -0.05) is 29.1 Å². The Bertz CT molecular complexity index is 920. The maximum Gasteiger partial charge on any atom is 1.00 e. The van der Waals surface area contributed by atoms with Crippen LogP contribution in [0.4, 0.5) is 0 Å². The molecule has 0 spiro atoms. The van der Waals surface area contributed by atoms with Crippen molar-refractivity contribution in [3.8, 4) is 16.9 Å². The van der Waals surface area contributed by atoms with Crippen molar-refractivity contribution in [3.05, 3.63) is 62.3 Å². The van der Waals surface area contributed by atoms with Gasteiger partial charge in [0.05, 0.1) is 5.71 Å². The van der Waals surface area contributed by atoms with Crippen molar-refractivity contribution in [2.75, 3.05) is 7.11 Å². The van der Waals surface area contributed by atoms with Crippen LogP contribution in [-0.4, -0.2) is 12.8 Å². The predicted molar refractivity (Wildman–Crippen MR) is 93.7 cm³/mol. The molecule has 0 bridgehead atoms. The molecule has 0 N–H and O–H groups in total. The first-order chi connectivity index (χ1) is 11.4. The maximum atomic E-state index is 12.1. The molecule has 124 valence electrons. The molecule has 1 aliphatic rings. The van der Waals surface area contributed by atoms with Gasteiger partial charge >= 0.3 is 51.4 Å². The molecule has 5 heteroatoms. The van der Waals surface area contributed by atoms with Crippen molar-refractivity contribution in [2.45, 2.75) is 33.6 Å². The summed E-state index contributed by atoms with van der Waals surface area (Å²) in [5.41, 5.74) is 7.70. The normalized spacial score (nSPS) is 14.2. The van der Waals surface area contributed by atoms with E-state index in [9.17, 15) is 9.90 Å². The summed E-state index contributed by atoms with van der Waals surface area (Å²) in [5, 5.41) is 16.0. The fraction of sp³-hybridized carbons (Fsp3) is 0.300. The van der Waals surface area contributed by atoms with Crippen LogP contribution >= 0.6 is 0 Å². The zero-order valence-electron chi connectivity index (χ0n) is 15.4. The monoisotopic (exact) mass is 361 g/mol. The van der Waals surface area contributed by atoms with Gasteiger partial charge in [-0.3, -0.25) is 4.79 Å². The van der Waals surface area contributed by atoms with Crippen LogP contribution in [0, 0.1) is 20.8 Å². The van der Waals surface area contributed by atoms with Crippen LogP contribution in [0.3, 0.4) is 0 Å². The number of rotatable bonds is 1. The number of nitrogens with zero attached hydrogens (tertiary/aromatic N) is 1. The van der Waals surface area contributed by atoms with E-state index in [0.29, 0.717) is 17.7 Å². The van der Waals surface area contributed by atoms with E-state index in [0.717, 1.165) is 17.5 Å². The van der Waals surface area contributed by atoms with Crippen molar-refractivity contribution < 1.29 is 61.3 Å². The summed E-state index contributed by atoms with van der Waals surface area (Å²) in [7, 11) is 1.49. The molecule has 0 atom stereocenters. The van der Waals surface area contributed by atoms with Gasteiger partial charge in [-0.15, -0.1) is 0 Å². The third-order valence-corrected chi connectivity index (χ3v) is 4.86. The summed E-state index contributed by atoms with van der Waals surface area (Å²) in [6, 6.07) is 6.70. The van der Waals surface area contributed by atoms with E-state index in [-0.39, 0.29) is 51.4 Å². The van der Waals surface area contributed by atoms with E-state index in [1.54, 1.807) is 6.07 Å². The van der Waals surface area contributed by atoms with Gasteiger partial charge in [0.2, 0.25) is 0 Å². The SMILES string of the molecule is CO/N=C1\CCc2cc(C)c(C)c(C)c2-c2ccc([O-])c(=O)cc21.[K+]. The summed E-state index contributed by atoms with van der Waals surface area (Å²) in [5.74, 6) is -0.511. The summed E-state index contributed by atoms with van der Waals surface area (Å²) in [6.07, 6.45) is 1.48. The van der Waals surface area contributed by atoms with Crippen molar-refractivity contribution in [2.24, 2.45) is 5.16 Å². The summed E-state index contributed by atoms with van der Waals surface area (Å²) < 4.78 is 0. The molecule has 3 rings (SSSR count). The molecule has 0 aliphatic heterocycles. The Morgan fingerprint density at radius 2 is 1.76 bits per heavy atom. The molecule has 0 amide bonds. The molecule has 0 aromatic heterocycles. The molecule has 0 heterocycles. The summed E-state index contributed by atoms with van der Waals surface area (Å²) in [4.78, 5) is 17.0. The van der Waals surface area contributed by atoms with E-state index in [1.165, 1.54) is 41.5 Å². The van der Waals surface area contributed by atoms with E-state index in [2.05, 4.69) is 32.0 Å². The second kappa shape index (κ2) is 8.14. The van der Waals surface area contributed by atoms with Gasteiger partial charge in [-0.2, -0.15) is 0 Å². The quantitative estimate of drug-likeness (QED) is 0.531. The van der Waals surface area contributed by atoms with Crippen molar-refractivity contribution in [3.63, 3.8) is 0 Å². The van der Waals surface area contributed by atoms with Gasteiger partial charge < -0.3 is 9.94 Å². The molecular weight excluding hydrogens is 341 g/mol. The van der Waals surface area contributed by atoms with Gasteiger partial charge in [0, 0.05) is 5.56 Å². The fourth-order valence-electron chi connectivity index (χ4n) is 3.40. The molecule has 25 heavy (non-hydrogen) atoms. The Morgan fingerprint density at radius 3 is 2.44 bits per heavy atom. The molecule has 0 saturated heterocycles. The standard InChI is InChI=1S/C20H21NO3.K/c1-11-9-14-5-7-17(21-24-4)16-10-19(23)18(22)8-6-15(16)20(14)13(3)12(11)2;/h6,8-10H,5,7H2,1-4H3,(H,22,23);/q;+1/p-1/b21-17+;. The van der Waals surface area contributed by atoms with E-state index < -0.39 is 11.2 Å². The van der Waals surface area contributed by atoms with Gasteiger partial charge in [0.25, 0.3) is 0 Å². The zero-order valence-corrected chi connectivity index (χ0v) is 18.5. The van der Waals surface area contributed by atoms with Crippen LogP contribution in [0.2, 0.25) is 0 Å². The molecule has 0 fully saturated rings. The number of oxime groups is 1. The van der Waals surface area contributed by atoms with Gasteiger partial charge in [-0.05, 0) is 73.1 Å². The van der Waals surface area contributed by atoms with Gasteiger partial charge in [0.15, 0.2) is 5.43 Å². The minimum atomic E-state index is -0.523. The van der Waals surface area contributed by atoms with E-state index in [1.807, 2.05) is 0 Å². The van der Waals surface area contributed by atoms with Crippen molar-refractivity contribution in [1.29, 1.82) is 0 Å². The average molecular weight is 361 g/mol. The van der Waals surface area contributed by atoms with E-state index >= 15 is 0 Å². The smallest absolute Gasteiger partial charge is 0.870 e. The topological polar surface area (TPSA) is 61.7 Å². The van der Waals surface area contributed by atoms with Crippen LogP contribution in [0.1, 0.15) is 34.2 Å². The summed E-state index contributed by atoms with van der Waals surface area (Å²) in [6.45, 7) is 6.29. The van der Waals surface area contributed by atoms with Crippen LogP contribution in [0.5, 0.6) is 5.75 Å². The van der Waals surface area contributed by atoms with Crippen LogP contribution < -0.4 is 61.9 Å². The van der Waals surface area contributed by atoms with Crippen molar-refractivity contribution >= 4 is 5.71 Å². The third kappa shape index (κ3) is 3.76. The summed E-state index contributed by atoms with van der Waals surface area (Å²) >= 11 is 0. The van der Waals surface area contributed by atoms with Gasteiger partial charge in [-0.25, -0.2) is 0 Å². The Hall–Kier alpha value is -0.984. The predicted octanol–water partition coefficient (Wildman–Crippen LogP) is 0.0134. The first-order valence-corrected chi connectivity index (χ1v) is 8.00. The Balaban J connectivity index is 0.00000225. The van der Waals surface area contributed by atoms with Crippen molar-refractivity contribution in [1.82, 2.24) is 0 Å². The van der Waals surface area contributed by atoms with Crippen LogP contribution in [0.15, 0.2) is 34.2 Å². The number of fused-ring (bicyclic) bond motifs is 3. The largest absolute Gasteiger partial charge is 1.00 e. The number of hydrogen-bond acceptors (Lipinski definition) is 4. The second-order valence-electron chi connectivity index (χ2n) is 6.23. The average Bonchev–Trinajstić information content (AvgIpc) is 2.78. The Morgan fingerprint density at radius 1 is 1.04 bits per heavy atom. The first kappa shape index (κ1) is 20.3. The maximum absolute atomic E-state index is 12.1. The second-order valence-corrected chi connectivity index (χ2v) is 6.23. The third-order valence-electron chi connectivity index (χ3n) is 4.86. The number of aryl methyl sites for hydroxylation is 2. The molecule has 0 saturated carbocycles. The molecule has 4 nitrogen and oxygen atoms in total. The molecule has 0 unspecified atom stereocenters. The van der Waals surface area contributed by atoms with E-state index in [4.69, 9.17) is 4.84 Å². The zero-order chi connectivity index (χ0) is 17.4. The number of hydrogen-bond donors (Lipinski definition) is 0. The Kier molecular flexibility index (Phi) is 6.62. The minimum absolute atomic E-state index is 0. The molecule has 2 aromatic carbocycles. The molecule has 0 radical (unpaired) electrons. The first-order valence-electron chi connectivity index (χ1n) is 8.00. The molecular formula is C20H20KNO3. The molecule has 2 aromatic rings. The van der Waals surface area contributed by atoms with Crippen LogP contribution in [-0.2, 0) is 11.3 Å². The molecule has 1 aliphatic carbocycles. The fourth-order valence-corrected chi connectivity index (χ4v) is 3.40. The Labute approximate surface area is 190 Å². The number of benzene rings is 1. The van der Waals surface area contributed by atoms with Crippen LogP contribution in [0.25, 0.3) is 11.1 Å². The van der Waals surface area contributed by atoms with Gasteiger partial charge in [0.1, 0.15) is 7.11 Å². The minimum Gasteiger partial charge on any atom is -0.870 e.